The normalized spacial score (nSPS) is 18.5. The van der Waals surface area contributed by atoms with E-state index < -0.39 is 5.97 Å². The highest BCUT2D eigenvalue weighted by Gasteiger charge is 2.22. The zero-order valence-electron chi connectivity index (χ0n) is 15.7. The number of hydrogen-bond donors (Lipinski definition) is 1. The summed E-state index contributed by atoms with van der Waals surface area (Å²) in [6, 6.07) is 12.7. The zero-order chi connectivity index (χ0) is 18.9. The number of benzene rings is 2. The van der Waals surface area contributed by atoms with Gasteiger partial charge >= 0.3 is 5.97 Å². The monoisotopic (exact) mass is 351 g/mol. The molecule has 4 heteroatoms. The van der Waals surface area contributed by atoms with Gasteiger partial charge in [0.1, 0.15) is 5.75 Å². The molecule has 1 atom stereocenters. The minimum atomic E-state index is -0.462. The van der Waals surface area contributed by atoms with E-state index >= 15 is 0 Å². The van der Waals surface area contributed by atoms with Crippen LogP contribution in [0.15, 0.2) is 47.6 Å². The third-order valence-corrected chi connectivity index (χ3v) is 4.74. The number of phenols is 1. The highest BCUT2D eigenvalue weighted by atomic mass is 16.7. The van der Waals surface area contributed by atoms with E-state index in [-0.39, 0.29) is 11.2 Å². The summed E-state index contributed by atoms with van der Waals surface area (Å²) in [5.41, 5.74) is 4.41. The molecule has 0 fully saturated rings. The van der Waals surface area contributed by atoms with Crippen LogP contribution in [0.2, 0.25) is 0 Å². The molecule has 0 aliphatic heterocycles. The average molecular weight is 351 g/mol. The Kier molecular flexibility index (Phi) is 4.86. The molecule has 0 saturated carbocycles. The molecule has 1 aliphatic carbocycles. The van der Waals surface area contributed by atoms with E-state index in [2.05, 4.69) is 32.9 Å². The first kappa shape index (κ1) is 18.2. The van der Waals surface area contributed by atoms with Crippen molar-refractivity contribution in [2.75, 3.05) is 0 Å². The second-order valence-electron chi connectivity index (χ2n) is 8.10. The minimum Gasteiger partial charge on any atom is -0.508 e. The maximum atomic E-state index is 12.3. The Morgan fingerprint density at radius 2 is 1.81 bits per heavy atom. The van der Waals surface area contributed by atoms with Crippen molar-refractivity contribution in [2.24, 2.45) is 11.1 Å². The van der Waals surface area contributed by atoms with Crippen LogP contribution in [0.25, 0.3) is 0 Å². The van der Waals surface area contributed by atoms with E-state index in [0.29, 0.717) is 11.5 Å². The Morgan fingerprint density at radius 1 is 1.12 bits per heavy atom. The molecule has 0 spiro atoms. The Labute approximate surface area is 154 Å². The summed E-state index contributed by atoms with van der Waals surface area (Å²) in [4.78, 5) is 17.5. The Morgan fingerprint density at radius 3 is 2.46 bits per heavy atom. The first-order valence-electron chi connectivity index (χ1n) is 8.95. The van der Waals surface area contributed by atoms with Crippen LogP contribution < -0.4 is 0 Å². The second-order valence-corrected chi connectivity index (χ2v) is 8.10. The number of fused-ring (bicyclic) bond motifs is 1. The van der Waals surface area contributed by atoms with Crippen molar-refractivity contribution in [1.82, 2.24) is 0 Å². The van der Waals surface area contributed by atoms with Crippen LogP contribution >= 0.6 is 0 Å². The number of rotatable bonds is 2. The van der Waals surface area contributed by atoms with Crippen LogP contribution in [-0.2, 0) is 16.7 Å². The third-order valence-electron chi connectivity index (χ3n) is 4.74. The summed E-state index contributed by atoms with van der Waals surface area (Å²) in [7, 11) is 0. The SMILES string of the molecule is C[C@@H]1C/C(=N\OC(=O)c2ccc(C(C)(C)C)cc2)c2ccc(O)cc2C1. The molecule has 4 nitrogen and oxygen atoms in total. The van der Waals surface area contributed by atoms with Crippen molar-refractivity contribution in [2.45, 2.75) is 46.0 Å². The lowest BCUT2D eigenvalue weighted by molar-refractivity contribution is 0.0515. The third kappa shape index (κ3) is 3.96. The van der Waals surface area contributed by atoms with Gasteiger partial charge < -0.3 is 9.94 Å². The van der Waals surface area contributed by atoms with Crippen molar-refractivity contribution in [3.8, 4) is 5.75 Å². The Balaban J connectivity index is 1.78. The topological polar surface area (TPSA) is 58.9 Å². The maximum absolute atomic E-state index is 12.3. The summed E-state index contributed by atoms with van der Waals surface area (Å²) in [6.45, 7) is 8.51. The molecule has 26 heavy (non-hydrogen) atoms. The van der Waals surface area contributed by atoms with Gasteiger partial charge in [0, 0.05) is 5.56 Å². The molecule has 0 amide bonds. The molecule has 0 aromatic heterocycles. The molecule has 0 bridgehead atoms. The largest absolute Gasteiger partial charge is 0.508 e. The van der Waals surface area contributed by atoms with Gasteiger partial charge in [0.15, 0.2) is 0 Å². The molecule has 136 valence electrons. The Bertz CT molecular complexity index is 845. The van der Waals surface area contributed by atoms with Crippen LogP contribution in [0, 0.1) is 5.92 Å². The van der Waals surface area contributed by atoms with Crippen LogP contribution in [0.1, 0.15) is 61.2 Å². The first-order valence-corrected chi connectivity index (χ1v) is 8.95. The lowest BCUT2D eigenvalue weighted by Crippen LogP contribution is -2.19. The van der Waals surface area contributed by atoms with Gasteiger partial charge in [-0.05, 0) is 65.6 Å². The van der Waals surface area contributed by atoms with Crippen molar-refractivity contribution in [3.05, 3.63) is 64.7 Å². The van der Waals surface area contributed by atoms with Crippen molar-refractivity contribution in [1.29, 1.82) is 0 Å². The summed E-state index contributed by atoms with van der Waals surface area (Å²) < 4.78 is 0. The number of carbonyl (C=O) groups excluding carboxylic acids is 1. The predicted octanol–water partition coefficient (Wildman–Crippen LogP) is 4.83. The van der Waals surface area contributed by atoms with Crippen LogP contribution in [0.5, 0.6) is 5.75 Å². The second kappa shape index (κ2) is 6.94. The van der Waals surface area contributed by atoms with Crippen LogP contribution in [0.4, 0.5) is 0 Å². The lowest BCUT2D eigenvalue weighted by Gasteiger charge is -2.22. The van der Waals surface area contributed by atoms with Gasteiger partial charge in [-0.2, -0.15) is 0 Å². The average Bonchev–Trinajstić information content (AvgIpc) is 2.58. The zero-order valence-corrected chi connectivity index (χ0v) is 15.7. The first-order chi connectivity index (χ1) is 12.2. The van der Waals surface area contributed by atoms with Crippen LogP contribution in [0.3, 0.4) is 0 Å². The van der Waals surface area contributed by atoms with Gasteiger partial charge in [-0.15, -0.1) is 0 Å². The van der Waals surface area contributed by atoms with Gasteiger partial charge in [-0.1, -0.05) is 45.0 Å². The van der Waals surface area contributed by atoms with Gasteiger partial charge in [0.25, 0.3) is 0 Å². The molecule has 0 radical (unpaired) electrons. The number of hydrogen-bond acceptors (Lipinski definition) is 4. The standard InChI is InChI=1S/C22H25NO3/c1-14-11-16-13-18(24)9-10-19(16)20(12-14)23-26-21(25)15-5-7-17(8-6-15)22(2,3)4/h5-10,13-14,24H,11-12H2,1-4H3/b23-20+/t14-/m0/s1. The fourth-order valence-electron chi connectivity index (χ4n) is 3.26. The molecule has 1 N–H and O–H groups in total. The quantitative estimate of drug-likeness (QED) is 0.622. The summed E-state index contributed by atoms with van der Waals surface area (Å²) in [5.74, 6) is 0.164. The van der Waals surface area contributed by atoms with Crippen molar-refractivity contribution in [3.63, 3.8) is 0 Å². The van der Waals surface area contributed by atoms with Gasteiger partial charge in [-0.25, -0.2) is 4.79 Å². The summed E-state index contributed by atoms with van der Waals surface area (Å²) in [6.07, 6.45) is 1.62. The molecule has 2 aromatic carbocycles. The molecule has 0 saturated heterocycles. The van der Waals surface area contributed by atoms with E-state index in [1.165, 1.54) is 0 Å². The molecule has 3 rings (SSSR count). The van der Waals surface area contributed by atoms with E-state index in [0.717, 1.165) is 35.2 Å². The van der Waals surface area contributed by atoms with Crippen LogP contribution in [-0.4, -0.2) is 16.8 Å². The summed E-state index contributed by atoms with van der Waals surface area (Å²) in [5, 5.41) is 13.8. The van der Waals surface area contributed by atoms with E-state index in [1.54, 1.807) is 24.3 Å². The van der Waals surface area contributed by atoms with Crippen molar-refractivity contribution < 1.29 is 14.7 Å². The van der Waals surface area contributed by atoms with Gasteiger partial charge in [0.05, 0.1) is 11.3 Å². The van der Waals surface area contributed by atoms with E-state index in [1.807, 2.05) is 18.2 Å². The van der Waals surface area contributed by atoms with E-state index in [9.17, 15) is 9.90 Å². The highest BCUT2D eigenvalue weighted by Crippen LogP contribution is 2.29. The van der Waals surface area contributed by atoms with Gasteiger partial charge in [-0.3, -0.25) is 0 Å². The fraction of sp³-hybridized carbons (Fsp3) is 0.364. The number of aromatic hydroxyl groups is 1. The minimum absolute atomic E-state index is 0.0379. The number of phenolic OH excluding ortho intramolecular Hbond substituents is 1. The number of oxime groups is 1. The molecule has 1 aliphatic rings. The predicted molar refractivity (Wildman–Crippen MR) is 103 cm³/mol. The highest BCUT2D eigenvalue weighted by molar-refractivity contribution is 6.03. The van der Waals surface area contributed by atoms with Gasteiger partial charge in [0.2, 0.25) is 0 Å². The molecule has 0 unspecified atom stereocenters. The molecule has 2 aromatic rings. The smallest absolute Gasteiger partial charge is 0.365 e. The summed E-state index contributed by atoms with van der Waals surface area (Å²) >= 11 is 0. The molecule has 0 heterocycles. The molecular weight excluding hydrogens is 326 g/mol. The number of nitrogens with zero attached hydrogens (tertiary/aromatic N) is 1. The van der Waals surface area contributed by atoms with Crippen molar-refractivity contribution >= 4 is 11.7 Å². The lowest BCUT2D eigenvalue weighted by atomic mass is 9.83. The number of carbonyl (C=O) groups is 1. The fourth-order valence-corrected chi connectivity index (χ4v) is 3.26. The maximum Gasteiger partial charge on any atom is 0.365 e. The Hall–Kier alpha value is -2.62. The van der Waals surface area contributed by atoms with E-state index in [4.69, 9.17) is 4.84 Å². The molecular formula is C22H25NO3.